The lowest BCUT2D eigenvalue weighted by atomic mass is 10.0. The monoisotopic (exact) mass is 494 g/mol. The van der Waals surface area contributed by atoms with Gasteiger partial charge in [-0.2, -0.15) is 0 Å². The number of esters is 1. The van der Waals surface area contributed by atoms with E-state index in [0.717, 1.165) is 25.3 Å². The molecule has 0 saturated carbocycles. The highest BCUT2D eigenvalue weighted by Gasteiger charge is 2.35. The summed E-state index contributed by atoms with van der Waals surface area (Å²) in [5.74, 6) is -1.81. The second-order valence-electron chi connectivity index (χ2n) is 8.37. The maximum absolute atomic E-state index is 12.4. The fraction of sp³-hybridized carbons (Fsp3) is 0.520. The summed E-state index contributed by atoms with van der Waals surface area (Å²) in [4.78, 5) is 24.5. The number of aliphatic hydroxyl groups excluding tert-OH is 5. The normalized spacial score (nSPS) is 15.3. The first-order valence-electron chi connectivity index (χ1n) is 11.7. The van der Waals surface area contributed by atoms with Crippen LogP contribution in [0, 0.1) is 0 Å². The Morgan fingerprint density at radius 3 is 2.43 bits per heavy atom. The van der Waals surface area contributed by atoms with Crippen LogP contribution in [0.25, 0.3) is 17.0 Å². The van der Waals surface area contributed by atoms with Gasteiger partial charge in [0, 0.05) is 6.07 Å². The summed E-state index contributed by atoms with van der Waals surface area (Å²) in [7, 11) is 0. The van der Waals surface area contributed by atoms with Crippen LogP contribution in [0.4, 0.5) is 0 Å². The molecule has 1 aromatic carbocycles. The number of rotatable bonds is 14. The molecule has 0 fully saturated rings. The van der Waals surface area contributed by atoms with E-state index in [4.69, 9.17) is 14.3 Å². The molecule has 10 nitrogen and oxygen atoms in total. The average molecular weight is 495 g/mol. The van der Waals surface area contributed by atoms with Gasteiger partial charge in [0.2, 0.25) is 0 Å². The van der Waals surface area contributed by atoms with E-state index in [1.807, 2.05) is 6.08 Å². The van der Waals surface area contributed by atoms with Crippen LogP contribution in [-0.2, 0) is 4.79 Å². The van der Waals surface area contributed by atoms with E-state index in [0.29, 0.717) is 0 Å². The molecule has 0 spiro atoms. The lowest BCUT2D eigenvalue weighted by Gasteiger charge is -2.24. The van der Waals surface area contributed by atoms with Gasteiger partial charge in [0.1, 0.15) is 41.0 Å². The minimum atomic E-state index is -2.23. The molecule has 0 amide bonds. The molecular weight excluding hydrogens is 460 g/mol. The van der Waals surface area contributed by atoms with Gasteiger partial charge in [-0.3, -0.25) is 0 Å². The highest BCUT2D eigenvalue weighted by atomic mass is 16.6. The predicted molar refractivity (Wildman–Crippen MR) is 128 cm³/mol. The third-order valence-corrected chi connectivity index (χ3v) is 5.61. The third-order valence-electron chi connectivity index (χ3n) is 5.61. The molecule has 0 aliphatic heterocycles. The number of unbranched alkanes of at least 4 members (excludes halogenated alkanes) is 6. The molecule has 0 radical (unpaired) electrons. The molecule has 0 aliphatic rings. The summed E-state index contributed by atoms with van der Waals surface area (Å²) in [5, 5.41) is 58.2. The molecule has 1 aromatic heterocycles. The van der Waals surface area contributed by atoms with Crippen molar-refractivity contribution in [3.8, 4) is 11.5 Å². The predicted octanol–water partition coefficient (Wildman–Crippen LogP) is 1.60. The Morgan fingerprint density at radius 1 is 1.06 bits per heavy atom. The molecule has 35 heavy (non-hydrogen) atoms. The Labute approximate surface area is 202 Å². The zero-order valence-corrected chi connectivity index (χ0v) is 19.7. The Hall–Kier alpha value is -2.76. The highest BCUT2D eigenvalue weighted by molar-refractivity contribution is 5.88. The van der Waals surface area contributed by atoms with E-state index >= 15 is 0 Å². The van der Waals surface area contributed by atoms with E-state index in [9.17, 15) is 35.1 Å². The second kappa shape index (κ2) is 14.0. The SMILES string of the molecule is CCCCCCCCC=Cc1c(O)c2ccc(OC(=O)[C@H](O)[C@@H](O)[C@H](O)[C@H](O)CO)cc2oc1=O. The van der Waals surface area contributed by atoms with Crippen molar-refractivity contribution >= 4 is 23.0 Å². The van der Waals surface area contributed by atoms with Gasteiger partial charge in [0.15, 0.2) is 6.10 Å². The van der Waals surface area contributed by atoms with Gasteiger partial charge in [-0.1, -0.05) is 45.1 Å². The van der Waals surface area contributed by atoms with E-state index < -0.39 is 42.6 Å². The smallest absolute Gasteiger partial charge is 0.347 e. The van der Waals surface area contributed by atoms with Gasteiger partial charge in [-0.25, -0.2) is 9.59 Å². The largest absolute Gasteiger partial charge is 0.506 e. The van der Waals surface area contributed by atoms with Gasteiger partial charge in [-0.15, -0.1) is 0 Å². The minimum absolute atomic E-state index is 0.00296. The molecule has 0 bridgehead atoms. The number of fused-ring (bicyclic) bond motifs is 1. The number of carbonyl (C=O) groups is 1. The van der Waals surface area contributed by atoms with Crippen LogP contribution in [0.3, 0.4) is 0 Å². The summed E-state index contributed by atoms with van der Waals surface area (Å²) in [6.45, 7) is 1.26. The third kappa shape index (κ3) is 7.87. The van der Waals surface area contributed by atoms with Gasteiger partial charge >= 0.3 is 11.6 Å². The van der Waals surface area contributed by atoms with Crippen molar-refractivity contribution in [2.45, 2.75) is 76.3 Å². The standard InChI is InChI=1S/C25H34O10/c1-2-3-4-5-6-7-8-9-10-17-20(28)16-12-11-15(13-19(16)35-24(17)32)34-25(33)23(31)22(30)21(29)18(27)14-26/h9-13,18,21-23,26-31H,2-8,14H2,1H3/t18-,21-,22+,23-/m1/s1. The number of hydrogen-bond acceptors (Lipinski definition) is 10. The fourth-order valence-electron chi connectivity index (χ4n) is 3.47. The van der Waals surface area contributed by atoms with Crippen molar-refractivity contribution in [2.75, 3.05) is 6.61 Å². The molecule has 0 aliphatic carbocycles. The Bertz CT molecular complexity index is 1040. The Balaban J connectivity index is 2.08. The first kappa shape index (κ1) is 28.5. The number of allylic oxidation sites excluding steroid dienone is 1. The number of benzene rings is 1. The van der Waals surface area contributed by atoms with Crippen LogP contribution in [0.15, 0.2) is 33.5 Å². The highest BCUT2D eigenvalue weighted by Crippen LogP contribution is 2.30. The fourth-order valence-corrected chi connectivity index (χ4v) is 3.47. The molecular formula is C25H34O10. The number of carbonyl (C=O) groups excluding carboxylic acids is 1. The number of aromatic hydroxyl groups is 1. The Morgan fingerprint density at radius 2 is 1.74 bits per heavy atom. The summed E-state index contributed by atoms with van der Waals surface area (Å²) in [5.41, 5.74) is -0.853. The average Bonchev–Trinajstić information content (AvgIpc) is 2.85. The van der Waals surface area contributed by atoms with Gasteiger partial charge in [0.05, 0.1) is 12.0 Å². The van der Waals surface area contributed by atoms with Crippen LogP contribution in [0.5, 0.6) is 11.5 Å². The number of hydrogen-bond donors (Lipinski definition) is 6. The molecule has 0 unspecified atom stereocenters. The van der Waals surface area contributed by atoms with E-state index in [1.165, 1.54) is 43.9 Å². The zero-order valence-electron chi connectivity index (χ0n) is 19.7. The van der Waals surface area contributed by atoms with Crippen molar-refractivity contribution < 1.29 is 44.6 Å². The zero-order chi connectivity index (χ0) is 26.0. The van der Waals surface area contributed by atoms with Crippen LogP contribution in [0.1, 0.15) is 57.4 Å². The van der Waals surface area contributed by atoms with Gasteiger partial charge < -0.3 is 39.8 Å². The molecule has 6 N–H and O–H groups in total. The number of ether oxygens (including phenoxy) is 1. The second-order valence-corrected chi connectivity index (χ2v) is 8.37. The number of aliphatic hydroxyl groups is 5. The Kier molecular flexibility index (Phi) is 11.4. The first-order valence-corrected chi connectivity index (χ1v) is 11.7. The lowest BCUT2D eigenvalue weighted by molar-refractivity contribution is -0.161. The van der Waals surface area contributed by atoms with Crippen molar-refractivity contribution in [3.63, 3.8) is 0 Å². The topological polar surface area (TPSA) is 178 Å². The lowest BCUT2D eigenvalue weighted by Crippen LogP contribution is -2.49. The quantitative estimate of drug-likeness (QED) is 0.0978. The molecule has 0 saturated heterocycles. The first-order chi connectivity index (χ1) is 16.7. The summed E-state index contributed by atoms with van der Waals surface area (Å²) < 4.78 is 10.2. The van der Waals surface area contributed by atoms with Gasteiger partial charge in [0.25, 0.3) is 0 Å². The van der Waals surface area contributed by atoms with Crippen molar-refractivity contribution in [1.82, 2.24) is 0 Å². The van der Waals surface area contributed by atoms with Crippen LogP contribution >= 0.6 is 0 Å². The molecule has 4 atom stereocenters. The summed E-state index contributed by atoms with van der Waals surface area (Å²) in [6, 6.07) is 3.78. The van der Waals surface area contributed by atoms with Crippen LogP contribution in [-0.4, -0.2) is 67.6 Å². The van der Waals surface area contributed by atoms with Crippen molar-refractivity contribution in [3.05, 3.63) is 40.3 Å². The van der Waals surface area contributed by atoms with E-state index in [1.54, 1.807) is 0 Å². The van der Waals surface area contributed by atoms with Crippen molar-refractivity contribution in [1.29, 1.82) is 0 Å². The van der Waals surface area contributed by atoms with Crippen LogP contribution < -0.4 is 10.4 Å². The summed E-state index contributed by atoms with van der Waals surface area (Å²) in [6.07, 6.45) is 2.81. The molecule has 2 rings (SSSR count). The minimum Gasteiger partial charge on any atom is -0.506 e. The van der Waals surface area contributed by atoms with E-state index in [2.05, 4.69) is 6.92 Å². The van der Waals surface area contributed by atoms with Gasteiger partial charge in [-0.05, 0) is 31.1 Å². The maximum Gasteiger partial charge on any atom is 0.347 e. The summed E-state index contributed by atoms with van der Waals surface area (Å²) >= 11 is 0. The van der Waals surface area contributed by atoms with E-state index in [-0.39, 0.29) is 28.0 Å². The molecule has 10 heteroatoms. The molecule has 2 aromatic rings. The molecule has 1 heterocycles. The molecule has 194 valence electrons. The maximum atomic E-state index is 12.4. The van der Waals surface area contributed by atoms with Crippen LogP contribution in [0.2, 0.25) is 0 Å². The van der Waals surface area contributed by atoms with Crippen molar-refractivity contribution in [2.24, 2.45) is 0 Å².